The molecule has 0 amide bonds. The zero-order chi connectivity index (χ0) is 12.6. The van der Waals surface area contributed by atoms with Crippen LogP contribution in [0.2, 0.25) is 0 Å². The lowest BCUT2D eigenvalue weighted by Gasteiger charge is -2.35. The lowest BCUT2D eigenvalue weighted by Crippen LogP contribution is -2.46. The van der Waals surface area contributed by atoms with Gasteiger partial charge in [-0.1, -0.05) is 47.5 Å². The van der Waals surface area contributed by atoms with Gasteiger partial charge in [0.25, 0.3) is 0 Å². The Morgan fingerprint density at radius 1 is 1.00 bits per heavy atom. The van der Waals surface area contributed by atoms with Gasteiger partial charge in [-0.15, -0.1) is 0 Å². The Bertz CT molecular complexity index is 157. The zero-order valence-corrected chi connectivity index (χ0v) is 11.8. The first kappa shape index (κ1) is 15.9. The van der Waals surface area contributed by atoms with Crippen LogP contribution >= 0.6 is 0 Å². The van der Waals surface area contributed by atoms with E-state index in [-0.39, 0.29) is 12.0 Å². The molecule has 16 heavy (non-hydrogen) atoms. The molecule has 2 N–H and O–H groups in total. The van der Waals surface area contributed by atoms with Gasteiger partial charge in [-0.3, -0.25) is 0 Å². The Morgan fingerprint density at radius 2 is 1.50 bits per heavy atom. The maximum atomic E-state index is 9.13. The van der Waals surface area contributed by atoms with Gasteiger partial charge >= 0.3 is 0 Å². The largest absolute Gasteiger partial charge is 0.396 e. The van der Waals surface area contributed by atoms with Crippen molar-refractivity contribution in [2.24, 2.45) is 5.41 Å². The molecule has 1 atom stereocenters. The molecule has 0 aliphatic heterocycles. The van der Waals surface area contributed by atoms with E-state index < -0.39 is 0 Å². The Morgan fingerprint density at radius 3 is 1.81 bits per heavy atom. The van der Waals surface area contributed by atoms with Crippen molar-refractivity contribution in [1.29, 1.82) is 0 Å². The third-order valence-electron chi connectivity index (χ3n) is 3.17. The van der Waals surface area contributed by atoms with E-state index in [1.807, 2.05) is 0 Å². The molecular weight excluding hydrogens is 198 g/mol. The molecule has 2 heteroatoms. The van der Waals surface area contributed by atoms with Crippen LogP contribution in [0.25, 0.3) is 0 Å². The second-order valence-electron chi connectivity index (χ2n) is 5.87. The van der Waals surface area contributed by atoms with Gasteiger partial charge in [0.2, 0.25) is 0 Å². The molecule has 0 aromatic carbocycles. The number of aliphatic hydroxyl groups excluding tert-OH is 1. The number of aliphatic hydroxyl groups is 1. The summed E-state index contributed by atoms with van der Waals surface area (Å²) < 4.78 is 0. The summed E-state index contributed by atoms with van der Waals surface area (Å²) in [5.74, 6) is 0. The first-order chi connectivity index (χ1) is 7.45. The van der Waals surface area contributed by atoms with Crippen LogP contribution in [-0.4, -0.2) is 23.8 Å². The van der Waals surface area contributed by atoms with Crippen LogP contribution in [0, 0.1) is 5.41 Å². The fourth-order valence-electron chi connectivity index (χ4n) is 2.19. The molecule has 0 heterocycles. The van der Waals surface area contributed by atoms with Crippen molar-refractivity contribution in [1.82, 2.24) is 5.32 Å². The Kier molecular flexibility index (Phi) is 8.04. The van der Waals surface area contributed by atoms with Gasteiger partial charge < -0.3 is 10.4 Å². The molecule has 0 aromatic heterocycles. The Balaban J connectivity index is 4.32. The molecule has 0 saturated carbocycles. The summed E-state index contributed by atoms with van der Waals surface area (Å²) in [7, 11) is 0. The van der Waals surface area contributed by atoms with Crippen LogP contribution < -0.4 is 5.32 Å². The molecule has 1 unspecified atom stereocenters. The highest BCUT2D eigenvalue weighted by Crippen LogP contribution is 2.23. The minimum Gasteiger partial charge on any atom is -0.396 e. The zero-order valence-electron chi connectivity index (χ0n) is 11.8. The number of hydrogen-bond donors (Lipinski definition) is 2. The highest BCUT2D eigenvalue weighted by Gasteiger charge is 2.25. The maximum Gasteiger partial charge on any atom is 0.0446 e. The van der Waals surface area contributed by atoms with Gasteiger partial charge in [0, 0.05) is 18.7 Å². The van der Waals surface area contributed by atoms with Crippen LogP contribution in [0.3, 0.4) is 0 Å². The Hall–Kier alpha value is -0.0800. The van der Waals surface area contributed by atoms with Crippen LogP contribution in [0.5, 0.6) is 0 Å². The molecule has 0 aliphatic carbocycles. The van der Waals surface area contributed by atoms with E-state index in [4.69, 9.17) is 5.11 Å². The van der Waals surface area contributed by atoms with Gasteiger partial charge in [0.1, 0.15) is 0 Å². The normalized spacial score (nSPS) is 14.4. The van der Waals surface area contributed by atoms with Crippen molar-refractivity contribution < 1.29 is 5.11 Å². The quantitative estimate of drug-likeness (QED) is 0.669. The lowest BCUT2D eigenvalue weighted by atomic mass is 9.84. The molecule has 0 fully saturated rings. The second-order valence-corrected chi connectivity index (χ2v) is 5.87. The van der Waals surface area contributed by atoms with Gasteiger partial charge in [-0.05, 0) is 24.7 Å². The van der Waals surface area contributed by atoms with Crippen LogP contribution in [0.1, 0.15) is 66.7 Å². The molecule has 0 saturated heterocycles. The predicted molar refractivity (Wildman–Crippen MR) is 71.7 cm³/mol. The van der Waals surface area contributed by atoms with Crippen LogP contribution in [0.15, 0.2) is 0 Å². The summed E-state index contributed by atoms with van der Waals surface area (Å²) >= 11 is 0. The monoisotopic (exact) mass is 229 g/mol. The van der Waals surface area contributed by atoms with Crippen LogP contribution in [-0.2, 0) is 0 Å². The maximum absolute atomic E-state index is 9.13. The molecule has 0 aromatic rings. The summed E-state index contributed by atoms with van der Waals surface area (Å²) in [6, 6.07) is 1.03. The van der Waals surface area contributed by atoms with Gasteiger partial charge in [0.05, 0.1) is 0 Å². The van der Waals surface area contributed by atoms with E-state index in [0.717, 1.165) is 6.42 Å². The topological polar surface area (TPSA) is 32.3 Å². The first-order valence-corrected chi connectivity index (χ1v) is 6.82. The number of nitrogens with one attached hydrogen (secondary N) is 1. The SMILES string of the molecule is CCCC(CCC)NC(CCO)C(C)(C)C. The summed E-state index contributed by atoms with van der Waals surface area (Å²) in [6.45, 7) is 11.5. The fourth-order valence-corrected chi connectivity index (χ4v) is 2.19. The average molecular weight is 229 g/mol. The van der Waals surface area contributed by atoms with E-state index in [2.05, 4.69) is 39.9 Å². The molecular formula is C14H31NO. The van der Waals surface area contributed by atoms with Crippen LogP contribution in [0.4, 0.5) is 0 Å². The lowest BCUT2D eigenvalue weighted by molar-refractivity contribution is 0.180. The molecule has 0 aliphatic rings. The average Bonchev–Trinajstić information content (AvgIpc) is 2.16. The van der Waals surface area contributed by atoms with E-state index in [1.165, 1.54) is 25.7 Å². The molecule has 0 radical (unpaired) electrons. The summed E-state index contributed by atoms with van der Waals surface area (Å²) in [6.07, 6.45) is 5.80. The van der Waals surface area contributed by atoms with Crippen molar-refractivity contribution in [3.8, 4) is 0 Å². The third kappa shape index (κ3) is 6.49. The predicted octanol–water partition coefficient (Wildman–Crippen LogP) is 3.34. The summed E-state index contributed by atoms with van der Waals surface area (Å²) in [5, 5.41) is 12.9. The van der Waals surface area contributed by atoms with Gasteiger partial charge in [0.15, 0.2) is 0 Å². The molecule has 0 rings (SSSR count). The van der Waals surface area contributed by atoms with Crippen molar-refractivity contribution in [3.05, 3.63) is 0 Å². The highest BCUT2D eigenvalue weighted by atomic mass is 16.3. The van der Waals surface area contributed by atoms with Crippen molar-refractivity contribution >= 4 is 0 Å². The number of rotatable bonds is 8. The van der Waals surface area contributed by atoms with Crippen molar-refractivity contribution in [2.75, 3.05) is 6.61 Å². The highest BCUT2D eigenvalue weighted by molar-refractivity contribution is 4.83. The number of hydrogen-bond acceptors (Lipinski definition) is 2. The minimum absolute atomic E-state index is 0.225. The second kappa shape index (κ2) is 8.08. The first-order valence-electron chi connectivity index (χ1n) is 6.82. The smallest absolute Gasteiger partial charge is 0.0446 e. The van der Waals surface area contributed by atoms with Crippen molar-refractivity contribution in [3.63, 3.8) is 0 Å². The van der Waals surface area contributed by atoms with E-state index in [1.54, 1.807) is 0 Å². The van der Waals surface area contributed by atoms with E-state index >= 15 is 0 Å². The minimum atomic E-state index is 0.225. The molecule has 0 bridgehead atoms. The van der Waals surface area contributed by atoms with Crippen molar-refractivity contribution in [2.45, 2.75) is 78.8 Å². The van der Waals surface area contributed by atoms with E-state index in [9.17, 15) is 0 Å². The molecule has 2 nitrogen and oxygen atoms in total. The summed E-state index contributed by atoms with van der Waals surface area (Å²) in [5.41, 5.74) is 0.225. The molecule has 0 spiro atoms. The molecule has 98 valence electrons. The van der Waals surface area contributed by atoms with Gasteiger partial charge in [-0.2, -0.15) is 0 Å². The fraction of sp³-hybridized carbons (Fsp3) is 1.00. The third-order valence-corrected chi connectivity index (χ3v) is 3.17. The van der Waals surface area contributed by atoms with Gasteiger partial charge in [-0.25, -0.2) is 0 Å². The van der Waals surface area contributed by atoms with E-state index in [0.29, 0.717) is 12.1 Å². The summed E-state index contributed by atoms with van der Waals surface area (Å²) in [4.78, 5) is 0. The standard InChI is InChI=1S/C14H31NO/c1-6-8-12(9-7-2)15-13(10-11-16)14(3,4)5/h12-13,15-16H,6-11H2,1-5H3. The Labute approximate surface area is 102 Å².